The molecule has 2 nitrogen and oxygen atoms in total. The number of hydrogen-bond acceptors (Lipinski definition) is 3. The standard InChI is InChI=1S/C12H11NOS/c14-13-9-5-3-7-11-12(9)8-4-1-2-6-10(8)15-11/h1-2,4,6,14H,3,5,7H2. The first-order valence-corrected chi connectivity index (χ1v) is 5.93. The molecule has 0 amide bonds. The monoisotopic (exact) mass is 217 g/mol. The Morgan fingerprint density at radius 1 is 1.20 bits per heavy atom. The highest BCUT2D eigenvalue weighted by Gasteiger charge is 2.21. The van der Waals surface area contributed by atoms with Gasteiger partial charge in [-0.3, -0.25) is 0 Å². The number of benzene rings is 1. The Hall–Kier alpha value is -1.35. The van der Waals surface area contributed by atoms with Crippen molar-refractivity contribution in [3.63, 3.8) is 0 Å². The zero-order valence-corrected chi connectivity index (χ0v) is 9.05. The summed E-state index contributed by atoms with van der Waals surface area (Å²) >= 11 is 1.83. The highest BCUT2D eigenvalue weighted by Crippen LogP contribution is 2.36. The largest absolute Gasteiger partial charge is 0.411 e. The zero-order chi connectivity index (χ0) is 10.3. The Bertz CT molecular complexity index is 542. The first kappa shape index (κ1) is 8.92. The maximum atomic E-state index is 9.01. The summed E-state index contributed by atoms with van der Waals surface area (Å²) in [7, 11) is 0. The Labute approximate surface area is 91.9 Å². The quantitative estimate of drug-likeness (QED) is 0.532. The third-order valence-electron chi connectivity index (χ3n) is 2.90. The lowest BCUT2D eigenvalue weighted by atomic mass is 9.94. The summed E-state index contributed by atoms with van der Waals surface area (Å²) in [6, 6.07) is 8.34. The first-order valence-electron chi connectivity index (χ1n) is 5.12. The van der Waals surface area contributed by atoms with E-state index < -0.39 is 0 Å². The minimum Gasteiger partial charge on any atom is -0.411 e. The van der Waals surface area contributed by atoms with Crippen LogP contribution in [0.3, 0.4) is 0 Å². The molecule has 3 rings (SSSR count). The molecule has 0 fully saturated rings. The predicted molar refractivity (Wildman–Crippen MR) is 63.1 cm³/mol. The molecule has 3 heteroatoms. The summed E-state index contributed by atoms with van der Waals surface area (Å²) in [5.74, 6) is 0. The van der Waals surface area contributed by atoms with Crippen molar-refractivity contribution in [1.82, 2.24) is 0 Å². The van der Waals surface area contributed by atoms with Crippen molar-refractivity contribution in [2.24, 2.45) is 5.16 Å². The minimum atomic E-state index is 0.855. The molecule has 1 N–H and O–H groups in total. The number of oxime groups is 1. The van der Waals surface area contributed by atoms with E-state index in [2.05, 4.69) is 23.4 Å². The van der Waals surface area contributed by atoms with Crippen molar-refractivity contribution in [1.29, 1.82) is 0 Å². The molecular weight excluding hydrogens is 206 g/mol. The van der Waals surface area contributed by atoms with Crippen LogP contribution < -0.4 is 0 Å². The fraction of sp³-hybridized carbons (Fsp3) is 0.250. The van der Waals surface area contributed by atoms with E-state index in [-0.39, 0.29) is 0 Å². The molecule has 0 radical (unpaired) electrons. The number of thiophene rings is 1. The molecule has 0 saturated carbocycles. The predicted octanol–water partition coefficient (Wildman–Crippen LogP) is 3.42. The number of fused-ring (bicyclic) bond motifs is 3. The third kappa shape index (κ3) is 1.27. The Morgan fingerprint density at radius 2 is 2.07 bits per heavy atom. The number of rotatable bonds is 0. The molecule has 1 heterocycles. The fourth-order valence-electron chi connectivity index (χ4n) is 2.23. The van der Waals surface area contributed by atoms with Gasteiger partial charge in [-0.15, -0.1) is 11.3 Å². The van der Waals surface area contributed by atoms with Gasteiger partial charge < -0.3 is 5.21 Å². The number of hydrogen-bond donors (Lipinski definition) is 1. The van der Waals surface area contributed by atoms with Gasteiger partial charge in [0.2, 0.25) is 0 Å². The van der Waals surface area contributed by atoms with E-state index in [1.54, 1.807) is 0 Å². The summed E-state index contributed by atoms with van der Waals surface area (Å²) < 4.78 is 1.30. The van der Waals surface area contributed by atoms with E-state index in [0.29, 0.717) is 0 Å². The van der Waals surface area contributed by atoms with Gasteiger partial charge in [0, 0.05) is 20.5 Å². The molecule has 0 saturated heterocycles. The lowest BCUT2D eigenvalue weighted by Gasteiger charge is -2.12. The van der Waals surface area contributed by atoms with Crippen molar-refractivity contribution in [3.05, 3.63) is 34.7 Å². The molecule has 1 aliphatic carbocycles. The van der Waals surface area contributed by atoms with Gasteiger partial charge in [0.1, 0.15) is 0 Å². The topological polar surface area (TPSA) is 32.6 Å². The van der Waals surface area contributed by atoms with Crippen LogP contribution in [-0.4, -0.2) is 10.9 Å². The molecule has 1 aromatic carbocycles. The summed E-state index contributed by atoms with van der Waals surface area (Å²) in [5, 5.41) is 13.7. The Morgan fingerprint density at radius 3 is 2.93 bits per heavy atom. The van der Waals surface area contributed by atoms with Crippen molar-refractivity contribution < 1.29 is 5.21 Å². The zero-order valence-electron chi connectivity index (χ0n) is 8.23. The van der Waals surface area contributed by atoms with Crippen molar-refractivity contribution in [2.45, 2.75) is 19.3 Å². The molecule has 0 atom stereocenters. The van der Waals surface area contributed by atoms with Crippen molar-refractivity contribution in [2.75, 3.05) is 0 Å². The van der Waals surface area contributed by atoms with Crippen LogP contribution in [0, 0.1) is 0 Å². The molecule has 15 heavy (non-hydrogen) atoms. The highest BCUT2D eigenvalue weighted by molar-refractivity contribution is 7.19. The van der Waals surface area contributed by atoms with Crippen LogP contribution in [-0.2, 0) is 6.42 Å². The molecule has 0 aliphatic heterocycles. The van der Waals surface area contributed by atoms with E-state index >= 15 is 0 Å². The Kier molecular flexibility index (Phi) is 1.99. The van der Waals surface area contributed by atoms with Crippen LogP contribution in [0.2, 0.25) is 0 Å². The van der Waals surface area contributed by atoms with Gasteiger partial charge in [-0.05, 0) is 25.3 Å². The molecule has 1 aliphatic rings. The maximum absolute atomic E-state index is 9.01. The smallest absolute Gasteiger partial charge is 0.0885 e. The normalized spacial score (nSPS) is 18.3. The molecule has 0 unspecified atom stereocenters. The van der Waals surface area contributed by atoms with E-state index in [9.17, 15) is 0 Å². The summed E-state index contributed by atoms with van der Waals surface area (Å²) in [6.45, 7) is 0. The van der Waals surface area contributed by atoms with Gasteiger partial charge in [-0.1, -0.05) is 23.4 Å². The van der Waals surface area contributed by atoms with Gasteiger partial charge in [0.25, 0.3) is 0 Å². The van der Waals surface area contributed by atoms with Crippen LogP contribution in [0.25, 0.3) is 10.1 Å². The lowest BCUT2D eigenvalue weighted by molar-refractivity contribution is 0.317. The van der Waals surface area contributed by atoms with Gasteiger partial charge in [0.15, 0.2) is 0 Å². The highest BCUT2D eigenvalue weighted by atomic mass is 32.1. The van der Waals surface area contributed by atoms with E-state index in [1.165, 1.54) is 20.5 Å². The van der Waals surface area contributed by atoms with E-state index in [0.717, 1.165) is 25.0 Å². The van der Waals surface area contributed by atoms with Crippen molar-refractivity contribution >= 4 is 27.1 Å². The van der Waals surface area contributed by atoms with E-state index in [4.69, 9.17) is 5.21 Å². The van der Waals surface area contributed by atoms with Crippen LogP contribution in [0.4, 0.5) is 0 Å². The maximum Gasteiger partial charge on any atom is 0.0885 e. The third-order valence-corrected chi connectivity index (χ3v) is 4.13. The SMILES string of the molecule is ON=C1CCCc2sc3ccccc3c21. The second-order valence-corrected chi connectivity index (χ2v) is 4.93. The molecule has 76 valence electrons. The summed E-state index contributed by atoms with van der Waals surface area (Å²) in [4.78, 5) is 1.37. The van der Waals surface area contributed by atoms with Crippen molar-refractivity contribution in [3.8, 4) is 0 Å². The van der Waals surface area contributed by atoms with Crippen LogP contribution in [0.1, 0.15) is 23.3 Å². The van der Waals surface area contributed by atoms with Gasteiger partial charge in [0.05, 0.1) is 5.71 Å². The molecular formula is C12H11NOS. The second-order valence-electron chi connectivity index (χ2n) is 3.80. The van der Waals surface area contributed by atoms with E-state index in [1.807, 2.05) is 17.4 Å². The van der Waals surface area contributed by atoms with Crippen LogP contribution in [0.5, 0.6) is 0 Å². The van der Waals surface area contributed by atoms with Crippen LogP contribution >= 0.6 is 11.3 Å². The van der Waals surface area contributed by atoms with Gasteiger partial charge >= 0.3 is 0 Å². The number of nitrogens with zero attached hydrogens (tertiary/aromatic N) is 1. The molecule has 1 aromatic heterocycles. The molecule has 0 bridgehead atoms. The Balaban J connectivity index is 2.37. The minimum absolute atomic E-state index is 0.855. The van der Waals surface area contributed by atoms with Gasteiger partial charge in [-0.25, -0.2) is 0 Å². The van der Waals surface area contributed by atoms with Crippen LogP contribution in [0.15, 0.2) is 29.4 Å². The van der Waals surface area contributed by atoms with Gasteiger partial charge in [-0.2, -0.15) is 0 Å². The summed E-state index contributed by atoms with van der Waals surface area (Å²) in [5.41, 5.74) is 2.04. The average molecular weight is 217 g/mol. The average Bonchev–Trinajstić information content (AvgIpc) is 2.67. The fourth-order valence-corrected chi connectivity index (χ4v) is 3.50. The molecule has 0 spiro atoms. The number of aryl methyl sites for hydroxylation is 1. The second kappa shape index (κ2) is 3.35. The lowest BCUT2D eigenvalue weighted by Crippen LogP contribution is -2.09. The first-order chi connectivity index (χ1) is 7.40. The summed E-state index contributed by atoms with van der Waals surface area (Å²) in [6.07, 6.45) is 3.11. The molecule has 2 aromatic rings.